The fourth-order valence-electron chi connectivity index (χ4n) is 3.83. The maximum atomic E-state index is 12.9. The van der Waals surface area contributed by atoms with Crippen molar-refractivity contribution in [1.82, 2.24) is 14.4 Å². The van der Waals surface area contributed by atoms with Gasteiger partial charge < -0.3 is 9.84 Å². The molecule has 0 aliphatic carbocycles. The van der Waals surface area contributed by atoms with Gasteiger partial charge in [0.05, 0.1) is 4.90 Å². The summed E-state index contributed by atoms with van der Waals surface area (Å²) in [7, 11) is -3.50. The monoisotopic (exact) mass is 468 g/mol. The Bertz CT molecular complexity index is 1150. The summed E-state index contributed by atoms with van der Waals surface area (Å²) in [5.41, 5.74) is 1.45. The zero-order valence-corrected chi connectivity index (χ0v) is 19.3. The minimum atomic E-state index is -3.50. The van der Waals surface area contributed by atoms with Crippen LogP contribution >= 0.6 is 0 Å². The number of amides is 1. The van der Waals surface area contributed by atoms with Gasteiger partial charge in [-0.05, 0) is 43.5 Å². The zero-order chi connectivity index (χ0) is 23.1. The Morgan fingerprint density at radius 3 is 2.36 bits per heavy atom. The molecule has 0 unspecified atom stereocenters. The first-order valence-electron chi connectivity index (χ1n) is 11.3. The van der Waals surface area contributed by atoms with E-state index >= 15 is 0 Å². The van der Waals surface area contributed by atoms with Crippen LogP contribution in [0.15, 0.2) is 64.0 Å². The van der Waals surface area contributed by atoms with Crippen molar-refractivity contribution in [3.63, 3.8) is 0 Å². The molecule has 0 radical (unpaired) electrons. The number of nitrogens with zero attached hydrogens (tertiary/aromatic N) is 3. The number of sulfonamides is 1. The Morgan fingerprint density at radius 1 is 0.970 bits per heavy atom. The van der Waals surface area contributed by atoms with E-state index in [-0.39, 0.29) is 17.2 Å². The Kier molecular flexibility index (Phi) is 7.51. The first kappa shape index (κ1) is 23.1. The van der Waals surface area contributed by atoms with Crippen molar-refractivity contribution < 1.29 is 17.7 Å². The van der Waals surface area contributed by atoms with Crippen molar-refractivity contribution in [3.8, 4) is 11.4 Å². The van der Waals surface area contributed by atoms with Crippen molar-refractivity contribution in [2.75, 3.05) is 18.4 Å². The summed E-state index contributed by atoms with van der Waals surface area (Å²) < 4.78 is 32.6. The minimum absolute atomic E-state index is 0.152. The van der Waals surface area contributed by atoms with E-state index in [4.69, 9.17) is 4.52 Å². The number of carbonyl (C=O) groups excluding carboxylic acids is 1. The number of hydrogen-bond acceptors (Lipinski definition) is 6. The molecule has 3 aromatic rings. The molecule has 1 saturated heterocycles. The minimum Gasteiger partial charge on any atom is -0.339 e. The van der Waals surface area contributed by atoms with Crippen LogP contribution in [0.2, 0.25) is 0 Å². The second-order valence-corrected chi connectivity index (χ2v) is 10.1. The van der Waals surface area contributed by atoms with E-state index in [1.165, 1.54) is 0 Å². The molecule has 4 rings (SSSR count). The number of aromatic nitrogens is 2. The third-order valence-corrected chi connectivity index (χ3v) is 7.55. The van der Waals surface area contributed by atoms with Crippen LogP contribution in [0.5, 0.6) is 0 Å². The lowest BCUT2D eigenvalue weighted by Crippen LogP contribution is -2.31. The fourth-order valence-corrected chi connectivity index (χ4v) is 5.34. The molecule has 174 valence electrons. The van der Waals surface area contributed by atoms with Crippen LogP contribution in [0.25, 0.3) is 11.4 Å². The number of aryl methyl sites for hydroxylation is 1. The van der Waals surface area contributed by atoms with E-state index in [0.29, 0.717) is 43.3 Å². The highest BCUT2D eigenvalue weighted by Gasteiger charge is 2.25. The molecule has 9 heteroatoms. The number of hydrogen-bond donors (Lipinski definition) is 1. The van der Waals surface area contributed by atoms with Gasteiger partial charge in [0.15, 0.2) is 0 Å². The predicted molar refractivity (Wildman–Crippen MR) is 125 cm³/mol. The van der Waals surface area contributed by atoms with Crippen LogP contribution in [0.4, 0.5) is 5.69 Å². The quantitative estimate of drug-likeness (QED) is 0.529. The van der Waals surface area contributed by atoms with E-state index in [9.17, 15) is 13.2 Å². The molecule has 1 aromatic heterocycles. The Labute approximate surface area is 194 Å². The topological polar surface area (TPSA) is 105 Å². The molecule has 33 heavy (non-hydrogen) atoms. The van der Waals surface area contributed by atoms with Crippen LogP contribution in [0.1, 0.15) is 44.4 Å². The Balaban J connectivity index is 1.26. The number of anilines is 1. The summed E-state index contributed by atoms with van der Waals surface area (Å²) in [6.07, 6.45) is 5.27. The van der Waals surface area contributed by atoms with Crippen LogP contribution in [0.3, 0.4) is 0 Å². The maximum absolute atomic E-state index is 12.9. The SMILES string of the molecule is O=C(CCCc1nc(-c2ccccc2)no1)Nc1ccc(S(=O)(=O)N2CCCCCC2)cc1. The van der Waals surface area contributed by atoms with Gasteiger partial charge in [0.2, 0.25) is 27.6 Å². The Morgan fingerprint density at radius 2 is 1.67 bits per heavy atom. The maximum Gasteiger partial charge on any atom is 0.243 e. The summed E-state index contributed by atoms with van der Waals surface area (Å²) in [6.45, 7) is 1.13. The lowest BCUT2D eigenvalue weighted by molar-refractivity contribution is -0.116. The van der Waals surface area contributed by atoms with Gasteiger partial charge in [0.25, 0.3) is 0 Å². The summed E-state index contributed by atoms with van der Waals surface area (Å²) >= 11 is 0. The van der Waals surface area contributed by atoms with Gasteiger partial charge in [0, 0.05) is 37.2 Å². The number of benzene rings is 2. The number of nitrogens with one attached hydrogen (secondary N) is 1. The summed E-state index contributed by atoms with van der Waals surface area (Å²) in [5, 5.41) is 6.79. The first-order chi connectivity index (χ1) is 16.0. The van der Waals surface area contributed by atoms with Gasteiger partial charge in [-0.3, -0.25) is 4.79 Å². The van der Waals surface area contributed by atoms with Gasteiger partial charge in [-0.25, -0.2) is 8.42 Å². The molecule has 1 amide bonds. The third-order valence-electron chi connectivity index (χ3n) is 5.64. The highest BCUT2D eigenvalue weighted by atomic mass is 32.2. The molecule has 1 aliphatic heterocycles. The first-order valence-corrected chi connectivity index (χ1v) is 12.7. The third kappa shape index (κ3) is 6.06. The van der Waals surface area contributed by atoms with Gasteiger partial charge in [-0.2, -0.15) is 9.29 Å². The molecule has 1 aliphatic rings. The summed E-state index contributed by atoms with van der Waals surface area (Å²) in [5.74, 6) is 0.871. The van der Waals surface area contributed by atoms with E-state index in [1.54, 1.807) is 28.6 Å². The highest BCUT2D eigenvalue weighted by Crippen LogP contribution is 2.22. The molecule has 8 nitrogen and oxygen atoms in total. The van der Waals surface area contributed by atoms with Crippen LogP contribution in [-0.4, -0.2) is 41.9 Å². The van der Waals surface area contributed by atoms with Gasteiger partial charge >= 0.3 is 0 Å². The molecule has 0 spiro atoms. The van der Waals surface area contributed by atoms with E-state index in [0.717, 1.165) is 31.2 Å². The summed E-state index contributed by atoms with van der Waals surface area (Å²) in [4.78, 5) is 16.9. The van der Waals surface area contributed by atoms with Crippen molar-refractivity contribution in [3.05, 3.63) is 60.5 Å². The van der Waals surface area contributed by atoms with E-state index < -0.39 is 10.0 Å². The average Bonchev–Trinajstić information content (AvgIpc) is 3.11. The molecule has 0 atom stereocenters. The van der Waals surface area contributed by atoms with E-state index in [2.05, 4.69) is 15.5 Å². The molecule has 1 N–H and O–H groups in total. The summed E-state index contributed by atoms with van der Waals surface area (Å²) in [6, 6.07) is 15.9. The number of rotatable bonds is 8. The van der Waals surface area contributed by atoms with Crippen molar-refractivity contribution in [2.24, 2.45) is 0 Å². The fraction of sp³-hybridized carbons (Fsp3) is 0.375. The smallest absolute Gasteiger partial charge is 0.243 e. The van der Waals surface area contributed by atoms with Gasteiger partial charge in [0.1, 0.15) is 0 Å². The molecule has 2 aromatic carbocycles. The zero-order valence-electron chi connectivity index (χ0n) is 18.4. The van der Waals surface area contributed by atoms with Crippen LogP contribution < -0.4 is 5.32 Å². The van der Waals surface area contributed by atoms with Gasteiger partial charge in [-0.1, -0.05) is 48.3 Å². The molecule has 0 saturated carbocycles. The van der Waals surface area contributed by atoms with E-state index in [1.807, 2.05) is 30.3 Å². The number of carbonyl (C=O) groups is 1. The second kappa shape index (κ2) is 10.7. The van der Waals surface area contributed by atoms with Crippen molar-refractivity contribution in [1.29, 1.82) is 0 Å². The Hall–Kier alpha value is -3.04. The van der Waals surface area contributed by atoms with Crippen molar-refractivity contribution in [2.45, 2.75) is 49.8 Å². The average molecular weight is 469 g/mol. The molecule has 2 heterocycles. The van der Waals surface area contributed by atoms with Crippen LogP contribution in [-0.2, 0) is 21.2 Å². The van der Waals surface area contributed by atoms with Crippen LogP contribution in [0, 0.1) is 0 Å². The van der Waals surface area contributed by atoms with Gasteiger partial charge in [-0.15, -0.1) is 0 Å². The predicted octanol–water partition coefficient (Wildman–Crippen LogP) is 4.26. The molecule has 0 bridgehead atoms. The molecular weight excluding hydrogens is 440 g/mol. The second-order valence-electron chi connectivity index (χ2n) is 8.12. The molecular formula is C24H28N4O4S. The highest BCUT2D eigenvalue weighted by molar-refractivity contribution is 7.89. The normalized spacial score (nSPS) is 15.2. The standard InChI is InChI=1S/C24H28N4O4S/c29-22(11-8-12-23-26-24(27-32-23)19-9-4-3-5-10-19)25-20-13-15-21(16-14-20)33(30,31)28-17-6-1-2-7-18-28/h3-5,9-10,13-16H,1-2,6-8,11-12,17-18H2,(H,25,29). The largest absolute Gasteiger partial charge is 0.339 e. The molecule has 1 fully saturated rings. The lowest BCUT2D eigenvalue weighted by atomic mass is 10.2. The lowest BCUT2D eigenvalue weighted by Gasteiger charge is -2.20. The van der Waals surface area contributed by atoms with Crippen molar-refractivity contribution >= 4 is 21.6 Å².